The molecule has 0 saturated carbocycles. The summed E-state index contributed by atoms with van der Waals surface area (Å²) >= 11 is 0. The molecule has 1 aliphatic rings. The molecule has 6 nitrogen and oxygen atoms in total. The molecular weight excluding hydrogens is 196 g/mol. The molecule has 1 aliphatic heterocycles. The third kappa shape index (κ3) is 2.68. The maximum absolute atomic E-state index is 11.3. The summed E-state index contributed by atoms with van der Waals surface area (Å²) in [5.41, 5.74) is 5.69. The molecule has 2 amide bonds. The molecule has 0 radical (unpaired) electrons. The zero-order valence-electron chi connectivity index (χ0n) is 8.99. The Hall–Kier alpha value is -1.59. The van der Waals surface area contributed by atoms with Gasteiger partial charge in [-0.1, -0.05) is 6.92 Å². The van der Waals surface area contributed by atoms with Gasteiger partial charge in [0.25, 0.3) is 0 Å². The molecule has 0 spiro atoms. The van der Waals surface area contributed by atoms with Gasteiger partial charge in [0.15, 0.2) is 5.96 Å². The Kier molecular flexibility index (Phi) is 3.65. The highest BCUT2D eigenvalue weighted by atomic mass is 16.2. The van der Waals surface area contributed by atoms with E-state index in [1.807, 2.05) is 6.92 Å². The van der Waals surface area contributed by atoms with Gasteiger partial charge >= 0.3 is 0 Å². The summed E-state index contributed by atoms with van der Waals surface area (Å²) in [5.74, 6) is -0.416. The molecule has 0 aliphatic carbocycles. The quantitative estimate of drug-likeness (QED) is 0.351. The number of hydrogen-bond donors (Lipinski definition) is 2. The van der Waals surface area contributed by atoms with Crippen LogP contribution in [-0.2, 0) is 9.59 Å². The number of carbonyl (C=O) groups is 2. The highest BCUT2D eigenvalue weighted by molar-refractivity contribution is 6.04. The SMILES string of the molecule is CCCN=C(N)N1CC(=O)NC(=O)C1C. The van der Waals surface area contributed by atoms with Crippen LogP contribution in [0.25, 0.3) is 0 Å². The van der Waals surface area contributed by atoms with Gasteiger partial charge in [-0.25, -0.2) is 0 Å². The number of imide groups is 1. The van der Waals surface area contributed by atoms with Crippen LogP contribution in [0.2, 0.25) is 0 Å². The predicted octanol–water partition coefficient (Wildman–Crippen LogP) is -0.942. The van der Waals surface area contributed by atoms with Crippen molar-refractivity contribution in [1.29, 1.82) is 0 Å². The molecule has 1 atom stereocenters. The number of nitrogens with two attached hydrogens (primary N) is 1. The highest BCUT2D eigenvalue weighted by Crippen LogP contribution is 2.04. The van der Waals surface area contributed by atoms with E-state index < -0.39 is 6.04 Å². The number of amides is 2. The molecule has 0 aromatic heterocycles. The Balaban J connectivity index is 2.74. The van der Waals surface area contributed by atoms with Crippen molar-refractivity contribution in [3.05, 3.63) is 0 Å². The van der Waals surface area contributed by atoms with E-state index in [-0.39, 0.29) is 24.3 Å². The Morgan fingerprint density at radius 2 is 2.33 bits per heavy atom. The minimum absolute atomic E-state index is 0.0892. The molecule has 0 aromatic rings. The van der Waals surface area contributed by atoms with Crippen molar-refractivity contribution in [2.45, 2.75) is 26.3 Å². The average Bonchev–Trinajstić information content (AvgIpc) is 2.19. The number of aliphatic imine (C=N–C) groups is 1. The third-order valence-electron chi connectivity index (χ3n) is 2.22. The van der Waals surface area contributed by atoms with E-state index in [1.165, 1.54) is 4.90 Å². The normalized spacial score (nSPS) is 22.9. The molecule has 1 fully saturated rings. The zero-order valence-corrected chi connectivity index (χ0v) is 8.99. The Bertz CT molecular complexity index is 300. The summed E-state index contributed by atoms with van der Waals surface area (Å²) < 4.78 is 0. The van der Waals surface area contributed by atoms with Crippen molar-refractivity contribution in [2.75, 3.05) is 13.1 Å². The molecule has 0 bridgehead atoms. The second-order valence-corrected chi connectivity index (χ2v) is 3.46. The number of nitrogens with one attached hydrogen (secondary N) is 1. The molecule has 15 heavy (non-hydrogen) atoms. The first kappa shape index (κ1) is 11.5. The molecular formula is C9H16N4O2. The number of guanidine groups is 1. The molecule has 1 saturated heterocycles. The van der Waals surface area contributed by atoms with Gasteiger partial charge in [0.2, 0.25) is 11.8 Å². The molecule has 0 aromatic carbocycles. The molecule has 84 valence electrons. The number of carbonyl (C=O) groups excluding carboxylic acids is 2. The maximum atomic E-state index is 11.3. The van der Waals surface area contributed by atoms with E-state index in [4.69, 9.17) is 5.73 Å². The van der Waals surface area contributed by atoms with Gasteiger partial charge in [0, 0.05) is 6.54 Å². The third-order valence-corrected chi connectivity index (χ3v) is 2.22. The van der Waals surface area contributed by atoms with Crippen LogP contribution in [0.1, 0.15) is 20.3 Å². The summed E-state index contributed by atoms with van der Waals surface area (Å²) in [5, 5.41) is 2.24. The summed E-state index contributed by atoms with van der Waals surface area (Å²) in [6.07, 6.45) is 0.878. The maximum Gasteiger partial charge on any atom is 0.249 e. The fourth-order valence-corrected chi connectivity index (χ4v) is 1.31. The number of nitrogens with zero attached hydrogens (tertiary/aromatic N) is 2. The second-order valence-electron chi connectivity index (χ2n) is 3.46. The van der Waals surface area contributed by atoms with Crippen LogP contribution in [0.3, 0.4) is 0 Å². The lowest BCUT2D eigenvalue weighted by atomic mass is 10.2. The number of piperazine rings is 1. The first-order valence-corrected chi connectivity index (χ1v) is 4.96. The van der Waals surface area contributed by atoms with Crippen molar-refractivity contribution >= 4 is 17.8 Å². The average molecular weight is 212 g/mol. The summed E-state index contributed by atoms with van der Waals surface area (Å²) in [7, 11) is 0. The first-order chi connectivity index (χ1) is 7.06. The van der Waals surface area contributed by atoms with Crippen molar-refractivity contribution < 1.29 is 9.59 Å². The zero-order chi connectivity index (χ0) is 11.4. The van der Waals surface area contributed by atoms with Crippen LogP contribution in [0, 0.1) is 0 Å². The van der Waals surface area contributed by atoms with E-state index in [1.54, 1.807) is 6.92 Å². The van der Waals surface area contributed by atoms with Crippen molar-refractivity contribution in [1.82, 2.24) is 10.2 Å². The van der Waals surface area contributed by atoms with Crippen molar-refractivity contribution in [3.63, 3.8) is 0 Å². The van der Waals surface area contributed by atoms with Crippen LogP contribution >= 0.6 is 0 Å². The Labute approximate surface area is 88.5 Å². The van der Waals surface area contributed by atoms with Gasteiger partial charge in [-0.15, -0.1) is 0 Å². The Morgan fingerprint density at radius 1 is 1.67 bits per heavy atom. The second kappa shape index (κ2) is 4.77. The lowest BCUT2D eigenvalue weighted by Crippen LogP contribution is -2.60. The van der Waals surface area contributed by atoms with Gasteiger partial charge < -0.3 is 10.6 Å². The molecule has 6 heteroatoms. The van der Waals surface area contributed by atoms with Crippen LogP contribution in [0.5, 0.6) is 0 Å². The van der Waals surface area contributed by atoms with Crippen LogP contribution in [0.4, 0.5) is 0 Å². The largest absolute Gasteiger partial charge is 0.370 e. The number of hydrogen-bond acceptors (Lipinski definition) is 3. The molecule has 3 N–H and O–H groups in total. The van der Waals surface area contributed by atoms with Crippen LogP contribution in [-0.4, -0.2) is 41.8 Å². The summed E-state index contributed by atoms with van der Waals surface area (Å²) in [6.45, 7) is 4.36. The van der Waals surface area contributed by atoms with Gasteiger partial charge in [-0.3, -0.25) is 19.9 Å². The van der Waals surface area contributed by atoms with Gasteiger partial charge in [-0.05, 0) is 13.3 Å². The van der Waals surface area contributed by atoms with Gasteiger partial charge in [0.1, 0.15) is 12.6 Å². The lowest BCUT2D eigenvalue weighted by Gasteiger charge is -2.32. The monoisotopic (exact) mass is 212 g/mol. The van der Waals surface area contributed by atoms with E-state index in [0.29, 0.717) is 6.54 Å². The minimum atomic E-state index is -0.441. The fourth-order valence-electron chi connectivity index (χ4n) is 1.31. The molecule has 1 unspecified atom stereocenters. The molecule has 1 rings (SSSR count). The van der Waals surface area contributed by atoms with Crippen molar-refractivity contribution in [3.8, 4) is 0 Å². The van der Waals surface area contributed by atoms with E-state index in [0.717, 1.165) is 6.42 Å². The van der Waals surface area contributed by atoms with Crippen LogP contribution in [0.15, 0.2) is 4.99 Å². The van der Waals surface area contributed by atoms with Crippen LogP contribution < -0.4 is 11.1 Å². The van der Waals surface area contributed by atoms with E-state index in [9.17, 15) is 9.59 Å². The van der Waals surface area contributed by atoms with Crippen molar-refractivity contribution in [2.24, 2.45) is 10.7 Å². The smallest absolute Gasteiger partial charge is 0.249 e. The minimum Gasteiger partial charge on any atom is -0.370 e. The van der Waals surface area contributed by atoms with Gasteiger partial charge in [-0.2, -0.15) is 0 Å². The lowest BCUT2D eigenvalue weighted by molar-refractivity contribution is -0.137. The van der Waals surface area contributed by atoms with Gasteiger partial charge in [0.05, 0.1) is 0 Å². The highest BCUT2D eigenvalue weighted by Gasteiger charge is 2.31. The summed E-state index contributed by atoms with van der Waals surface area (Å²) in [6, 6.07) is -0.441. The number of rotatable bonds is 2. The fraction of sp³-hybridized carbons (Fsp3) is 0.667. The first-order valence-electron chi connectivity index (χ1n) is 4.96. The Morgan fingerprint density at radius 3 is 2.93 bits per heavy atom. The predicted molar refractivity (Wildman–Crippen MR) is 56.1 cm³/mol. The molecule has 1 heterocycles. The standard InChI is InChI=1S/C9H16N4O2/c1-3-4-11-9(10)13-5-7(14)12-8(15)6(13)2/h6H,3-5H2,1-2H3,(H2,10,11)(H,12,14,15). The topological polar surface area (TPSA) is 87.8 Å². The van der Waals surface area contributed by atoms with E-state index >= 15 is 0 Å². The van der Waals surface area contributed by atoms with E-state index in [2.05, 4.69) is 10.3 Å². The summed E-state index contributed by atoms with van der Waals surface area (Å²) in [4.78, 5) is 28.0.